The van der Waals surface area contributed by atoms with Gasteiger partial charge in [-0.05, 0) is 64.2 Å². The molecule has 6 heteroatoms. The summed E-state index contributed by atoms with van der Waals surface area (Å²) >= 11 is 0. The second kappa shape index (κ2) is 80.5. The third kappa shape index (κ3) is 77.0. The van der Waals surface area contributed by atoms with Crippen LogP contribution in [0.2, 0.25) is 0 Å². The van der Waals surface area contributed by atoms with E-state index in [1.54, 1.807) is 6.08 Å². The summed E-state index contributed by atoms with van der Waals surface area (Å²) in [4.78, 5) is 24.7. The second-order valence-electron chi connectivity index (χ2n) is 28.8. The molecule has 0 aromatic rings. The molecular formula is C85H163NO5. The van der Waals surface area contributed by atoms with Gasteiger partial charge in [0.2, 0.25) is 5.91 Å². The lowest BCUT2D eigenvalue weighted by molar-refractivity contribution is -0.143. The first-order valence-corrected chi connectivity index (χ1v) is 41.8. The molecule has 0 saturated carbocycles. The number of carbonyl (C=O) groups excluding carboxylic acids is 2. The Hall–Kier alpha value is -1.92. The number of allylic oxidation sites excluding steroid dienone is 5. The fraction of sp³-hybridized carbons (Fsp3) is 0.906. The quantitative estimate of drug-likeness (QED) is 0.0320. The lowest BCUT2D eigenvalue weighted by Gasteiger charge is -2.20. The summed E-state index contributed by atoms with van der Waals surface area (Å²) in [6.45, 7) is 4.93. The van der Waals surface area contributed by atoms with Crippen LogP contribution < -0.4 is 5.32 Å². The topological polar surface area (TPSA) is 95.9 Å². The SMILES string of the molecule is CCCCC/C=C\C/C=C\CCCCCCCCCC(=O)OCCCCCCCCCCCCCCCCCCCCCCCCCCCCCCCCCCCCCC(=O)NC(CO)C(O)/C=C/CCCCCCCCCCCCCCCCCCCCCC. The van der Waals surface area contributed by atoms with E-state index in [0.29, 0.717) is 19.4 Å². The van der Waals surface area contributed by atoms with Gasteiger partial charge in [0, 0.05) is 12.8 Å². The summed E-state index contributed by atoms with van der Waals surface area (Å²) in [6, 6.07) is -0.625. The fourth-order valence-electron chi connectivity index (χ4n) is 13.3. The maximum atomic E-state index is 12.6. The van der Waals surface area contributed by atoms with Crippen molar-refractivity contribution in [2.75, 3.05) is 13.2 Å². The monoisotopic (exact) mass is 1280 g/mol. The molecule has 0 aromatic heterocycles. The number of aliphatic hydroxyl groups excluding tert-OH is 2. The Balaban J connectivity index is 3.33. The lowest BCUT2D eigenvalue weighted by atomic mass is 10.0. The van der Waals surface area contributed by atoms with Gasteiger partial charge >= 0.3 is 5.97 Å². The van der Waals surface area contributed by atoms with Crippen molar-refractivity contribution in [1.82, 2.24) is 5.32 Å². The van der Waals surface area contributed by atoms with Crippen molar-refractivity contribution in [3.8, 4) is 0 Å². The van der Waals surface area contributed by atoms with Crippen molar-refractivity contribution < 1.29 is 24.5 Å². The van der Waals surface area contributed by atoms with Crippen LogP contribution in [0.3, 0.4) is 0 Å². The van der Waals surface area contributed by atoms with Crippen molar-refractivity contribution in [2.24, 2.45) is 0 Å². The van der Waals surface area contributed by atoms with Gasteiger partial charge in [-0.3, -0.25) is 9.59 Å². The van der Waals surface area contributed by atoms with Crippen LogP contribution in [-0.4, -0.2) is 47.4 Å². The molecule has 6 nitrogen and oxygen atoms in total. The van der Waals surface area contributed by atoms with Gasteiger partial charge in [0.1, 0.15) is 0 Å². The third-order valence-corrected chi connectivity index (χ3v) is 19.7. The van der Waals surface area contributed by atoms with Gasteiger partial charge < -0.3 is 20.3 Å². The Kier molecular flexibility index (Phi) is 78.8. The van der Waals surface area contributed by atoms with Crippen LogP contribution in [0.4, 0.5) is 0 Å². The molecule has 0 rings (SSSR count). The van der Waals surface area contributed by atoms with Crippen molar-refractivity contribution in [2.45, 2.75) is 482 Å². The predicted molar refractivity (Wildman–Crippen MR) is 403 cm³/mol. The standard InChI is InChI=1S/C85H163NO5/c1-3-5-7-9-11-13-15-17-19-21-22-23-39-42-46-49-53-57-61-65-69-73-77-83(88)82(81-87)86-84(89)78-74-70-66-62-58-54-50-47-43-40-37-35-33-31-29-27-25-24-26-28-30-32-34-36-38-41-44-48-52-56-60-64-68-72-76-80-91-85(90)79-75-71-67-63-59-55-51-45-20-18-16-14-12-10-8-6-4-2/h12,14,18,20,73,77,82-83,87-88H,3-11,13,15-17,19,21-72,74-76,78-81H2,1-2H3,(H,86,89)/b14-12-,20-18-,77-73+. The van der Waals surface area contributed by atoms with Crippen LogP contribution in [0.25, 0.3) is 0 Å². The van der Waals surface area contributed by atoms with E-state index in [1.165, 1.54) is 392 Å². The Morgan fingerprint density at radius 3 is 0.857 bits per heavy atom. The first kappa shape index (κ1) is 89.1. The number of ether oxygens (including phenoxy) is 1. The van der Waals surface area contributed by atoms with Gasteiger partial charge in [-0.25, -0.2) is 0 Å². The summed E-state index contributed by atoms with van der Waals surface area (Å²) in [5, 5.41) is 23.3. The van der Waals surface area contributed by atoms with Crippen molar-refractivity contribution in [3.63, 3.8) is 0 Å². The Morgan fingerprint density at radius 2 is 0.549 bits per heavy atom. The van der Waals surface area contributed by atoms with E-state index >= 15 is 0 Å². The van der Waals surface area contributed by atoms with E-state index in [1.807, 2.05) is 6.08 Å². The Labute approximate surface area is 570 Å². The molecule has 2 unspecified atom stereocenters. The predicted octanol–water partition coefficient (Wildman–Crippen LogP) is 27.8. The highest BCUT2D eigenvalue weighted by Crippen LogP contribution is 2.20. The largest absolute Gasteiger partial charge is 0.466 e. The summed E-state index contributed by atoms with van der Waals surface area (Å²) in [5.41, 5.74) is 0. The normalized spacial score (nSPS) is 12.6. The molecule has 0 bridgehead atoms. The minimum absolute atomic E-state index is 0.0154. The minimum atomic E-state index is -0.842. The van der Waals surface area contributed by atoms with Crippen molar-refractivity contribution in [1.29, 1.82) is 0 Å². The maximum absolute atomic E-state index is 12.6. The molecule has 0 aliphatic rings. The summed E-state index contributed by atoms with van der Waals surface area (Å²) < 4.78 is 5.51. The number of carbonyl (C=O) groups is 2. The summed E-state index contributed by atoms with van der Waals surface area (Å²) in [6.07, 6.45) is 106. The summed E-state index contributed by atoms with van der Waals surface area (Å²) in [7, 11) is 0. The Morgan fingerprint density at radius 1 is 0.308 bits per heavy atom. The van der Waals surface area contributed by atoms with Crippen molar-refractivity contribution >= 4 is 11.9 Å². The zero-order valence-corrected chi connectivity index (χ0v) is 61.9. The fourth-order valence-corrected chi connectivity index (χ4v) is 13.3. The Bertz CT molecular complexity index is 1470. The van der Waals surface area contributed by atoms with Crippen LogP contribution in [0.5, 0.6) is 0 Å². The second-order valence-corrected chi connectivity index (χ2v) is 28.8. The molecule has 2 atom stereocenters. The van der Waals surface area contributed by atoms with Gasteiger partial charge in [-0.1, -0.05) is 429 Å². The number of amides is 1. The van der Waals surface area contributed by atoms with Gasteiger partial charge in [0.25, 0.3) is 0 Å². The molecule has 0 aliphatic heterocycles. The number of rotatable bonds is 79. The highest BCUT2D eigenvalue weighted by molar-refractivity contribution is 5.76. The van der Waals surface area contributed by atoms with E-state index in [0.717, 1.165) is 51.4 Å². The summed E-state index contributed by atoms with van der Waals surface area (Å²) in [5.74, 6) is -0.0423. The average molecular weight is 1280 g/mol. The first-order valence-electron chi connectivity index (χ1n) is 41.8. The molecule has 538 valence electrons. The van der Waals surface area contributed by atoms with E-state index in [2.05, 4.69) is 43.5 Å². The minimum Gasteiger partial charge on any atom is -0.466 e. The number of nitrogens with one attached hydrogen (secondary N) is 1. The molecule has 0 radical (unpaired) electrons. The molecule has 0 heterocycles. The van der Waals surface area contributed by atoms with E-state index < -0.39 is 12.1 Å². The molecule has 0 aliphatic carbocycles. The van der Waals surface area contributed by atoms with Gasteiger partial charge in [-0.2, -0.15) is 0 Å². The molecular weight excluding hydrogens is 1110 g/mol. The highest BCUT2D eigenvalue weighted by Gasteiger charge is 2.18. The molecule has 0 aromatic carbocycles. The maximum Gasteiger partial charge on any atom is 0.305 e. The molecule has 0 fully saturated rings. The van der Waals surface area contributed by atoms with Gasteiger partial charge in [0.15, 0.2) is 0 Å². The average Bonchev–Trinajstić information content (AvgIpc) is 3.59. The number of unbranched alkanes of at least 4 members (excludes halogenated alkanes) is 64. The van der Waals surface area contributed by atoms with Gasteiger partial charge in [-0.15, -0.1) is 0 Å². The van der Waals surface area contributed by atoms with Crippen LogP contribution in [0, 0.1) is 0 Å². The zero-order chi connectivity index (χ0) is 65.6. The number of hydrogen-bond acceptors (Lipinski definition) is 5. The van der Waals surface area contributed by atoms with Crippen LogP contribution in [0.15, 0.2) is 36.5 Å². The zero-order valence-electron chi connectivity index (χ0n) is 61.9. The van der Waals surface area contributed by atoms with Crippen molar-refractivity contribution in [3.05, 3.63) is 36.5 Å². The lowest BCUT2D eigenvalue weighted by Crippen LogP contribution is -2.45. The number of hydrogen-bond donors (Lipinski definition) is 3. The molecule has 91 heavy (non-hydrogen) atoms. The van der Waals surface area contributed by atoms with E-state index in [9.17, 15) is 19.8 Å². The molecule has 1 amide bonds. The number of esters is 1. The van der Waals surface area contributed by atoms with E-state index in [4.69, 9.17) is 4.74 Å². The smallest absolute Gasteiger partial charge is 0.305 e. The number of aliphatic hydroxyl groups is 2. The first-order chi connectivity index (χ1) is 45.0. The molecule has 3 N–H and O–H groups in total. The van der Waals surface area contributed by atoms with Gasteiger partial charge in [0.05, 0.1) is 25.4 Å². The van der Waals surface area contributed by atoms with Crippen LogP contribution >= 0.6 is 0 Å². The van der Waals surface area contributed by atoms with Crippen LogP contribution in [-0.2, 0) is 14.3 Å². The highest BCUT2D eigenvalue weighted by atomic mass is 16.5. The molecule has 0 saturated heterocycles. The van der Waals surface area contributed by atoms with E-state index in [-0.39, 0.29) is 18.5 Å². The molecule has 0 spiro atoms. The van der Waals surface area contributed by atoms with Crippen LogP contribution in [0.1, 0.15) is 470 Å². The third-order valence-electron chi connectivity index (χ3n) is 19.7.